The first-order valence-corrected chi connectivity index (χ1v) is 5.26. The van der Waals surface area contributed by atoms with Gasteiger partial charge in [0.15, 0.2) is 0 Å². The molecule has 0 saturated carbocycles. The standard InChI is InChI=1S/C11H20F4O/c1-8(12)6-7-16-10(4,5)9(2,3)11(13,14)15/h8H,6-7H2,1-5H3. The Labute approximate surface area is 94.2 Å². The van der Waals surface area contributed by atoms with Crippen molar-refractivity contribution < 1.29 is 22.3 Å². The SMILES string of the molecule is CC(F)CCOC(C)(C)C(C)(C)C(F)(F)F. The van der Waals surface area contributed by atoms with Crippen molar-refractivity contribution in [3.8, 4) is 0 Å². The maximum absolute atomic E-state index is 12.8. The van der Waals surface area contributed by atoms with Crippen LogP contribution in [0.15, 0.2) is 0 Å². The van der Waals surface area contributed by atoms with E-state index < -0.39 is 23.4 Å². The second-order valence-electron chi connectivity index (χ2n) is 5.05. The van der Waals surface area contributed by atoms with Crippen molar-refractivity contribution in [2.24, 2.45) is 5.41 Å². The summed E-state index contributed by atoms with van der Waals surface area (Å²) in [4.78, 5) is 0. The van der Waals surface area contributed by atoms with Gasteiger partial charge in [-0.3, -0.25) is 0 Å². The minimum atomic E-state index is -4.35. The van der Waals surface area contributed by atoms with Crippen molar-refractivity contribution in [3.05, 3.63) is 0 Å². The minimum Gasteiger partial charge on any atom is -0.375 e. The molecule has 1 atom stereocenters. The van der Waals surface area contributed by atoms with Crippen LogP contribution in [0.4, 0.5) is 17.6 Å². The molecule has 5 heteroatoms. The lowest BCUT2D eigenvalue weighted by molar-refractivity contribution is -0.273. The molecule has 0 bridgehead atoms. The average molecular weight is 244 g/mol. The Morgan fingerprint density at radius 1 is 1.06 bits per heavy atom. The van der Waals surface area contributed by atoms with Gasteiger partial charge >= 0.3 is 6.18 Å². The Morgan fingerprint density at radius 3 is 1.81 bits per heavy atom. The van der Waals surface area contributed by atoms with Crippen LogP contribution in [-0.2, 0) is 4.74 Å². The molecule has 0 saturated heterocycles. The van der Waals surface area contributed by atoms with Crippen LogP contribution < -0.4 is 0 Å². The van der Waals surface area contributed by atoms with Gasteiger partial charge in [0.05, 0.1) is 23.8 Å². The molecule has 0 fully saturated rings. The molecule has 0 aliphatic carbocycles. The highest BCUT2D eigenvalue weighted by molar-refractivity contribution is 4.93. The van der Waals surface area contributed by atoms with Crippen molar-refractivity contribution in [2.75, 3.05) is 6.61 Å². The zero-order valence-electron chi connectivity index (χ0n) is 10.4. The molecule has 98 valence electrons. The number of rotatable bonds is 5. The maximum atomic E-state index is 12.8. The summed E-state index contributed by atoms with van der Waals surface area (Å²) < 4.78 is 56.0. The highest BCUT2D eigenvalue weighted by Gasteiger charge is 2.57. The summed E-state index contributed by atoms with van der Waals surface area (Å²) >= 11 is 0. The molecular formula is C11H20F4O. The second kappa shape index (κ2) is 4.90. The smallest absolute Gasteiger partial charge is 0.375 e. The van der Waals surface area contributed by atoms with Gasteiger partial charge in [0.2, 0.25) is 0 Å². The predicted molar refractivity (Wildman–Crippen MR) is 55.1 cm³/mol. The second-order valence-corrected chi connectivity index (χ2v) is 5.05. The topological polar surface area (TPSA) is 9.23 Å². The molecule has 16 heavy (non-hydrogen) atoms. The predicted octanol–water partition coefficient (Wildman–Crippen LogP) is 4.12. The Kier molecular flexibility index (Phi) is 4.80. The van der Waals surface area contributed by atoms with Gasteiger partial charge in [-0.1, -0.05) is 0 Å². The largest absolute Gasteiger partial charge is 0.396 e. The molecule has 0 amide bonds. The van der Waals surface area contributed by atoms with E-state index in [4.69, 9.17) is 4.74 Å². The Morgan fingerprint density at radius 2 is 1.50 bits per heavy atom. The zero-order valence-corrected chi connectivity index (χ0v) is 10.4. The third-order valence-corrected chi connectivity index (χ3v) is 3.19. The van der Waals surface area contributed by atoms with Gasteiger partial charge in [-0.05, 0) is 34.6 Å². The van der Waals surface area contributed by atoms with Crippen molar-refractivity contribution >= 4 is 0 Å². The third-order valence-electron chi connectivity index (χ3n) is 3.19. The Balaban J connectivity index is 4.53. The van der Waals surface area contributed by atoms with E-state index in [0.29, 0.717) is 0 Å². The van der Waals surface area contributed by atoms with Crippen molar-refractivity contribution in [1.29, 1.82) is 0 Å². The molecule has 0 aromatic carbocycles. The molecule has 0 aliphatic rings. The maximum Gasteiger partial charge on any atom is 0.396 e. The fourth-order valence-corrected chi connectivity index (χ4v) is 0.998. The fourth-order valence-electron chi connectivity index (χ4n) is 0.998. The lowest BCUT2D eigenvalue weighted by Crippen LogP contribution is -2.51. The quantitative estimate of drug-likeness (QED) is 0.661. The van der Waals surface area contributed by atoms with Crippen LogP contribution in [-0.4, -0.2) is 24.6 Å². The van der Waals surface area contributed by atoms with E-state index in [1.807, 2.05) is 0 Å². The lowest BCUT2D eigenvalue weighted by Gasteiger charge is -2.42. The van der Waals surface area contributed by atoms with E-state index >= 15 is 0 Å². The number of ether oxygens (including phenoxy) is 1. The van der Waals surface area contributed by atoms with Crippen LogP contribution in [0.2, 0.25) is 0 Å². The summed E-state index contributed by atoms with van der Waals surface area (Å²) in [7, 11) is 0. The molecule has 0 aliphatic heterocycles. The first-order valence-electron chi connectivity index (χ1n) is 5.26. The Bertz CT molecular complexity index is 219. The van der Waals surface area contributed by atoms with E-state index in [9.17, 15) is 17.6 Å². The molecule has 1 unspecified atom stereocenters. The van der Waals surface area contributed by atoms with Gasteiger partial charge in [0, 0.05) is 6.42 Å². The molecule has 0 rings (SSSR count). The minimum absolute atomic E-state index is 0.00975. The molecule has 1 nitrogen and oxygen atoms in total. The van der Waals surface area contributed by atoms with E-state index in [-0.39, 0.29) is 13.0 Å². The van der Waals surface area contributed by atoms with Gasteiger partial charge in [-0.25, -0.2) is 4.39 Å². The summed E-state index contributed by atoms with van der Waals surface area (Å²) in [6, 6.07) is 0. The third kappa shape index (κ3) is 3.61. The molecule has 0 spiro atoms. The van der Waals surface area contributed by atoms with E-state index in [1.54, 1.807) is 0 Å². The Hall–Kier alpha value is -0.320. The highest BCUT2D eigenvalue weighted by atomic mass is 19.4. The first kappa shape index (κ1) is 15.7. The van der Waals surface area contributed by atoms with Gasteiger partial charge in [-0.15, -0.1) is 0 Å². The summed E-state index contributed by atoms with van der Waals surface area (Å²) in [5.74, 6) is 0. The summed E-state index contributed by atoms with van der Waals surface area (Å²) in [6.45, 7) is 6.28. The monoisotopic (exact) mass is 244 g/mol. The molecule has 0 N–H and O–H groups in total. The van der Waals surface area contributed by atoms with Gasteiger partial charge in [-0.2, -0.15) is 13.2 Å². The van der Waals surface area contributed by atoms with Crippen LogP contribution in [0.25, 0.3) is 0 Å². The van der Waals surface area contributed by atoms with Crippen molar-refractivity contribution in [1.82, 2.24) is 0 Å². The van der Waals surface area contributed by atoms with E-state index in [0.717, 1.165) is 13.8 Å². The summed E-state index contributed by atoms with van der Waals surface area (Å²) in [5, 5.41) is 0. The number of alkyl halides is 4. The summed E-state index contributed by atoms with van der Waals surface area (Å²) in [5.41, 5.74) is -3.35. The molecule has 0 radical (unpaired) electrons. The van der Waals surface area contributed by atoms with Crippen LogP contribution in [0, 0.1) is 5.41 Å². The first-order chi connectivity index (χ1) is 6.92. The highest BCUT2D eigenvalue weighted by Crippen LogP contribution is 2.47. The van der Waals surface area contributed by atoms with Crippen LogP contribution in [0.1, 0.15) is 41.0 Å². The van der Waals surface area contributed by atoms with Crippen LogP contribution in [0.5, 0.6) is 0 Å². The number of halogens is 4. The summed E-state index contributed by atoms with van der Waals surface area (Å²) in [6.07, 6.45) is -5.31. The number of hydrogen-bond donors (Lipinski definition) is 0. The number of hydrogen-bond acceptors (Lipinski definition) is 1. The molecule has 0 aromatic rings. The molecular weight excluding hydrogens is 224 g/mol. The average Bonchev–Trinajstić information content (AvgIpc) is 2.00. The van der Waals surface area contributed by atoms with Crippen molar-refractivity contribution in [3.63, 3.8) is 0 Å². The fraction of sp³-hybridized carbons (Fsp3) is 1.00. The van der Waals surface area contributed by atoms with Crippen LogP contribution >= 0.6 is 0 Å². The normalized spacial score (nSPS) is 16.3. The van der Waals surface area contributed by atoms with E-state index in [1.165, 1.54) is 20.8 Å². The van der Waals surface area contributed by atoms with E-state index in [2.05, 4.69) is 0 Å². The van der Waals surface area contributed by atoms with Crippen molar-refractivity contribution in [2.45, 2.75) is 59.0 Å². The van der Waals surface area contributed by atoms with Gasteiger partial charge in [0.1, 0.15) is 0 Å². The molecule has 0 heterocycles. The van der Waals surface area contributed by atoms with Crippen LogP contribution in [0.3, 0.4) is 0 Å². The molecule has 0 aromatic heterocycles. The lowest BCUT2D eigenvalue weighted by atomic mass is 9.76. The van der Waals surface area contributed by atoms with Gasteiger partial charge in [0.25, 0.3) is 0 Å². The van der Waals surface area contributed by atoms with Gasteiger partial charge < -0.3 is 4.74 Å². The zero-order chi connectivity index (χ0) is 13.2.